The molecule has 0 bridgehead atoms. The molecule has 0 fully saturated rings. The number of sulfone groups is 1. The first kappa shape index (κ1) is 12.7. The van der Waals surface area contributed by atoms with E-state index in [9.17, 15) is 8.42 Å². The van der Waals surface area contributed by atoms with Crippen LogP contribution in [0.3, 0.4) is 0 Å². The lowest BCUT2D eigenvalue weighted by Gasteiger charge is -2.05. The van der Waals surface area contributed by atoms with Crippen LogP contribution in [0.2, 0.25) is 0 Å². The number of aromatic nitrogens is 2. The highest BCUT2D eigenvalue weighted by Gasteiger charge is 2.09. The molecule has 0 unspecified atom stereocenters. The number of nitrogens with one attached hydrogen (secondary N) is 1. The van der Waals surface area contributed by atoms with Gasteiger partial charge in [0.05, 0.1) is 10.4 Å². The van der Waals surface area contributed by atoms with E-state index < -0.39 is 9.84 Å². The molecule has 0 amide bonds. The van der Waals surface area contributed by atoms with E-state index in [0.29, 0.717) is 10.7 Å². The van der Waals surface area contributed by atoms with Crippen molar-refractivity contribution in [1.82, 2.24) is 10.2 Å². The van der Waals surface area contributed by atoms with Gasteiger partial charge in [-0.3, -0.25) is 5.10 Å². The summed E-state index contributed by atoms with van der Waals surface area (Å²) < 4.78 is 23.2. The lowest BCUT2D eigenvalue weighted by Crippen LogP contribution is -1.96. The molecular weight excluding hydrogens is 274 g/mol. The molecule has 0 spiro atoms. The van der Waals surface area contributed by atoms with Gasteiger partial charge in [0.15, 0.2) is 15.7 Å². The number of hydrogen-bond donors (Lipinski definition) is 2. The minimum Gasteiger partial charge on any atom is -0.382 e. The number of nitrogen functional groups attached to an aromatic ring is 1. The number of nitrogens with zero attached hydrogens (tertiary/aromatic N) is 1. The standard InChI is InChI=1S/C14H13N3O2S/c1-20(18,19)11-4-2-3-9(7-11)10-5-6-13-12(8-10)14(15)17-16-13/h2-8H,1H3,(H3,15,16,17). The van der Waals surface area contributed by atoms with Crippen LogP contribution in [0.5, 0.6) is 0 Å². The molecule has 0 saturated carbocycles. The van der Waals surface area contributed by atoms with Crippen LogP contribution in [0.4, 0.5) is 5.82 Å². The van der Waals surface area contributed by atoms with Crippen LogP contribution in [0, 0.1) is 0 Å². The Bertz CT molecular complexity index is 898. The molecule has 6 heteroatoms. The summed E-state index contributed by atoms with van der Waals surface area (Å²) in [4.78, 5) is 0.301. The molecule has 0 radical (unpaired) electrons. The van der Waals surface area contributed by atoms with E-state index in [1.54, 1.807) is 18.2 Å². The van der Waals surface area contributed by atoms with Gasteiger partial charge in [-0.05, 0) is 35.4 Å². The second-order valence-corrected chi connectivity index (χ2v) is 6.68. The molecule has 2 aromatic carbocycles. The molecule has 5 nitrogen and oxygen atoms in total. The Hall–Kier alpha value is -2.34. The molecule has 1 aromatic heterocycles. The van der Waals surface area contributed by atoms with E-state index in [2.05, 4.69) is 10.2 Å². The Morgan fingerprint density at radius 1 is 1.10 bits per heavy atom. The fourth-order valence-electron chi connectivity index (χ4n) is 2.12. The molecule has 0 aliphatic carbocycles. The normalized spacial score (nSPS) is 11.8. The van der Waals surface area contributed by atoms with E-state index >= 15 is 0 Å². The van der Waals surface area contributed by atoms with Crippen molar-refractivity contribution in [3.8, 4) is 11.1 Å². The van der Waals surface area contributed by atoms with Crippen molar-refractivity contribution in [2.75, 3.05) is 12.0 Å². The number of nitrogens with two attached hydrogens (primary N) is 1. The molecular formula is C14H13N3O2S. The predicted molar refractivity (Wildman–Crippen MR) is 79.1 cm³/mol. The maximum atomic E-state index is 11.6. The fourth-order valence-corrected chi connectivity index (χ4v) is 2.79. The number of benzene rings is 2. The highest BCUT2D eigenvalue weighted by Crippen LogP contribution is 2.27. The van der Waals surface area contributed by atoms with Gasteiger partial charge in [0.1, 0.15) is 0 Å². The Morgan fingerprint density at radius 3 is 2.60 bits per heavy atom. The van der Waals surface area contributed by atoms with Gasteiger partial charge < -0.3 is 5.73 Å². The molecule has 20 heavy (non-hydrogen) atoms. The zero-order valence-corrected chi connectivity index (χ0v) is 11.6. The van der Waals surface area contributed by atoms with Crippen LogP contribution in [0.1, 0.15) is 0 Å². The fraction of sp³-hybridized carbons (Fsp3) is 0.0714. The zero-order chi connectivity index (χ0) is 14.3. The summed E-state index contributed by atoms with van der Waals surface area (Å²) in [7, 11) is -3.22. The van der Waals surface area contributed by atoms with Gasteiger partial charge in [0.25, 0.3) is 0 Å². The summed E-state index contributed by atoms with van der Waals surface area (Å²) in [5.74, 6) is 0.432. The topological polar surface area (TPSA) is 88.8 Å². The van der Waals surface area contributed by atoms with E-state index in [1.807, 2.05) is 24.3 Å². The van der Waals surface area contributed by atoms with Gasteiger partial charge in [-0.25, -0.2) is 8.42 Å². The second kappa shape index (κ2) is 4.35. The average molecular weight is 287 g/mol. The number of rotatable bonds is 2. The molecule has 0 saturated heterocycles. The van der Waals surface area contributed by atoms with E-state index in [-0.39, 0.29) is 0 Å². The van der Waals surface area contributed by atoms with Gasteiger partial charge in [0.2, 0.25) is 0 Å². The monoisotopic (exact) mass is 287 g/mol. The third-order valence-electron chi connectivity index (χ3n) is 3.19. The van der Waals surface area contributed by atoms with Gasteiger partial charge in [-0.15, -0.1) is 0 Å². The average Bonchev–Trinajstić information content (AvgIpc) is 2.79. The maximum Gasteiger partial charge on any atom is 0.175 e. The SMILES string of the molecule is CS(=O)(=O)c1cccc(-c2ccc3[nH]nc(N)c3c2)c1. The van der Waals surface area contributed by atoms with Gasteiger partial charge in [0, 0.05) is 11.6 Å². The van der Waals surface area contributed by atoms with Crippen LogP contribution < -0.4 is 5.73 Å². The van der Waals surface area contributed by atoms with Crippen molar-refractivity contribution in [2.24, 2.45) is 0 Å². The summed E-state index contributed by atoms with van der Waals surface area (Å²) in [5.41, 5.74) is 8.36. The predicted octanol–water partition coefficient (Wildman–Crippen LogP) is 2.22. The van der Waals surface area contributed by atoms with Crippen molar-refractivity contribution in [3.05, 3.63) is 42.5 Å². The molecule has 3 rings (SSSR count). The second-order valence-electron chi connectivity index (χ2n) is 4.67. The number of anilines is 1. The minimum atomic E-state index is -3.22. The van der Waals surface area contributed by atoms with E-state index in [0.717, 1.165) is 22.0 Å². The summed E-state index contributed by atoms with van der Waals surface area (Å²) in [6.45, 7) is 0. The van der Waals surface area contributed by atoms with Crippen LogP contribution in [0.15, 0.2) is 47.4 Å². The van der Waals surface area contributed by atoms with Gasteiger partial charge in [-0.2, -0.15) is 5.10 Å². The maximum absolute atomic E-state index is 11.6. The summed E-state index contributed by atoms with van der Waals surface area (Å²) in [6, 6.07) is 12.5. The van der Waals surface area contributed by atoms with E-state index in [1.165, 1.54) is 6.26 Å². The summed E-state index contributed by atoms with van der Waals surface area (Å²) in [6.07, 6.45) is 1.20. The van der Waals surface area contributed by atoms with Gasteiger partial charge in [-0.1, -0.05) is 18.2 Å². The minimum absolute atomic E-state index is 0.301. The first-order chi connectivity index (χ1) is 9.45. The number of hydrogen-bond acceptors (Lipinski definition) is 4. The summed E-state index contributed by atoms with van der Waals surface area (Å²) in [5, 5.41) is 7.60. The van der Waals surface area contributed by atoms with Crippen LogP contribution >= 0.6 is 0 Å². The van der Waals surface area contributed by atoms with Crippen LogP contribution in [-0.2, 0) is 9.84 Å². The number of fused-ring (bicyclic) bond motifs is 1. The Morgan fingerprint density at radius 2 is 1.85 bits per heavy atom. The quantitative estimate of drug-likeness (QED) is 0.756. The smallest absolute Gasteiger partial charge is 0.175 e. The van der Waals surface area contributed by atoms with Crippen LogP contribution in [-0.4, -0.2) is 24.9 Å². The lowest BCUT2D eigenvalue weighted by molar-refractivity contribution is 0.602. The van der Waals surface area contributed by atoms with Crippen LogP contribution in [0.25, 0.3) is 22.0 Å². The molecule has 102 valence electrons. The number of H-pyrrole nitrogens is 1. The Labute approximate surface area is 116 Å². The molecule has 0 aliphatic heterocycles. The molecule has 1 heterocycles. The molecule has 3 aromatic rings. The Kier molecular flexibility index (Phi) is 2.76. The van der Waals surface area contributed by atoms with Gasteiger partial charge >= 0.3 is 0 Å². The third kappa shape index (κ3) is 2.14. The van der Waals surface area contributed by atoms with Crippen molar-refractivity contribution in [3.63, 3.8) is 0 Å². The molecule has 0 atom stereocenters. The highest BCUT2D eigenvalue weighted by atomic mass is 32.2. The first-order valence-corrected chi connectivity index (χ1v) is 7.88. The highest BCUT2D eigenvalue weighted by molar-refractivity contribution is 7.90. The van der Waals surface area contributed by atoms with Crippen molar-refractivity contribution < 1.29 is 8.42 Å². The van der Waals surface area contributed by atoms with Crippen molar-refractivity contribution in [2.45, 2.75) is 4.90 Å². The van der Waals surface area contributed by atoms with E-state index in [4.69, 9.17) is 5.73 Å². The third-order valence-corrected chi connectivity index (χ3v) is 4.30. The largest absolute Gasteiger partial charge is 0.382 e. The zero-order valence-electron chi connectivity index (χ0n) is 10.8. The summed E-state index contributed by atoms with van der Waals surface area (Å²) >= 11 is 0. The van der Waals surface area contributed by atoms with Crippen molar-refractivity contribution >= 4 is 26.6 Å². The molecule has 3 N–H and O–H groups in total. The first-order valence-electron chi connectivity index (χ1n) is 5.99. The number of aromatic amines is 1. The Balaban J connectivity index is 2.18. The van der Waals surface area contributed by atoms with Crippen molar-refractivity contribution in [1.29, 1.82) is 0 Å². The lowest BCUT2D eigenvalue weighted by atomic mass is 10.0. The molecule has 0 aliphatic rings.